The van der Waals surface area contributed by atoms with Gasteiger partial charge in [-0.3, -0.25) is 14.9 Å². The van der Waals surface area contributed by atoms with Gasteiger partial charge in [-0.05, 0) is 72.4 Å². The molecule has 210 valence electrons. The van der Waals surface area contributed by atoms with E-state index in [0.717, 1.165) is 54.9 Å². The lowest BCUT2D eigenvalue weighted by Crippen LogP contribution is -2.31. The molecule has 0 bridgehead atoms. The first kappa shape index (κ1) is 27.1. The second-order valence-electron chi connectivity index (χ2n) is 10.5. The van der Waals surface area contributed by atoms with Crippen LogP contribution in [0.4, 0.5) is 13.2 Å². The summed E-state index contributed by atoms with van der Waals surface area (Å²) in [5.41, 5.74) is 5.88. The minimum Gasteiger partial charge on any atom is -0.341 e. The van der Waals surface area contributed by atoms with E-state index < -0.39 is 11.7 Å². The van der Waals surface area contributed by atoms with Gasteiger partial charge >= 0.3 is 6.18 Å². The number of benzene rings is 2. The Balaban J connectivity index is 1.21. The van der Waals surface area contributed by atoms with Crippen LogP contribution in [0.2, 0.25) is 0 Å². The number of H-pyrrole nitrogens is 1. The summed E-state index contributed by atoms with van der Waals surface area (Å²) in [7, 11) is 0. The highest BCUT2D eigenvalue weighted by molar-refractivity contribution is 5.76. The third-order valence-electron chi connectivity index (χ3n) is 7.59. The predicted octanol–water partition coefficient (Wildman–Crippen LogP) is 6.74. The lowest BCUT2D eigenvalue weighted by atomic mass is 9.90. The van der Waals surface area contributed by atoms with E-state index in [1.807, 2.05) is 30.5 Å². The van der Waals surface area contributed by atoms with Gasteiger partial charge in [0.25, 0.3) is 0 Å². The summed E-state index contributed by atoms with van der Waals surface area (Å²) in [4.78, 5) is 19.2. The number of aryl methyl sites for hydroxylation is 1. The molecule has 0 spiro atoms. The molecule has 0 saturated heterocycles. The molecule has 41 heavy (non-hydrogen) atoms. The van der Waals surface area contributed by atoms with E-state index in [1.54, 1.807) is 6.20 Å². The standard InChI is InChI=1S/C32H31F3N6/c33-32(34,35)25-13-14-27-28(17-25)40-30(39-27)21-41(29-8-3-5-24-6-4-16-38-31(24)29)20-23-11-9-22(10-12-23)18-36-19-26-7-1-2-15-37-26/h1-2,4,6-7,9-17,29,36H,3,5,8,18-21H2,(H,39,40). The molecule has 1 aliphatic carbocycles. The van der Waals surface area contributed by atoms with Gasteiger partial charge in [-0.1, -0.05) is 36.4 Å². The van der Waals surface area contributed by atoms with Gasteiger partial charge in [0.15, 0.2) is 0 Å². The molecule has 1 aliphatic rings. The lowest BCUT2D eigenvalue weighted by molar-refractivity contribution is -0.137. The van der Waals surface area contributed by atoms with E-state index in [9.17, 15) is 13.2 Å². The number of nitrogens with zero attached hydrogens (tertiary/aromatic N) is 4. The number of aromatic amines is 1. The molecular formula is C32H31F3N6. The van der Waals surface area contributed by atoms with Crippen LogP contribution in [-0.4, -0.2) is 24.8 Å². The average Bonchev–Trinajstić information content (AvgIpc) is 3.39. The molecule has 6 rings (SSSR count). The first-order valence-electron chi connectivity index (χ1n) is 13.8. The molecule has 6 nitrogen and oxygen atoms in total. The van der Waals surface area contributed by atoms with Crippen molar-refractivity contribution < 1.29 is 13.2 Å². The van der Waals surface area contributed by atoms with Crippen LogP contribution in [0, 0.1) is 0 Å². The maximum Gasteiger partial charge on any atom is 0.416 e. The second-order valence-corrected chi connectivity index (χ2v) is 10.5. The third kappa shape index (κ3) is 6.47. The van der Waals surface area contributed by atoms with Crippen molar-refractivity contribution in [2.75, 3.05) is 0 Å². The Morgan fingerprint density at radius 1 is 0.878 bits per heavy atom. The molecule has 2 aromatic carbocycles. The Hall–Kier alpha value is -4.08. The van der Waals surface area contributed by atoms with Gasteiger partial charge in [0.1, 0.15) is 5.82 Å². The monoisotopic (exact) mass is 556 g/mol. The smallest absolute Gasteiger partial charge is 0.341 e. The van der Waals surface area contributed by atoms with Crippen molar-refractivity contribution in [3.63, 3.8) is 0 Å². The van der Waals surface area contributed by atoms with Crippen LogP contribution in [0.5, 0.6) is 0 Å². The Kier molecular flexibility index (Phi) is 7.80. The number of rotatable bonds is 9. The van der Waals surface area contributed by atoms with Gasteiger partial charge in [-0.15, -0.1) is 0 Å². The molecule has 1 atom stereocenters. The number of hydrogen-bond acceptors (Lipinski definition) is 5. The summed E-state index contributed by atoms with van der Waals surface area (Å²) in [6.45, 7) is 2.56. The minimum atomic E-state index is -4.41. The van der Waals surface area contributed by atoms with Gasteiger partial charge in [-0.25, -0.2) is 4.98 Å². The SMILES string of the molecule is FC(F)(F)c1ccc2[nH]c(CN(Cc3ccc(CNCc4ccccn4)cc3)C3CCCc4cccnc43)nc2c1. The molecule has 3 aromatic heterocycles. The molecule has 0 radical (unpaired) electrons. The van der Waals surface area contributed by atoms with Crippen LogP contribution >= 0.6 is 0 Å². The van der Waals surface area contributed by atoms with E-state index >= 15 is 0 Å². The molecule has 0 aliphatic heterocycles. The van der Waals surface area contributed by atoms with E-state index in [1.165, 1.54) is 17.2 Å². The van der Waals surface area contributed by atoms with E-state index in [2.05, 4.69) is 55.5 Å². The normalized spacial score (nSPS) is 15.4. The number of pyridine rings is 2. The molecule has 1 unspecified atom stereocenters. The van der Waals surface area contributed by atoms with Crippen molar-refractivity contribution >= 4 is 11.0 Å². The van der Waals surface area contributed by atoms with Gasteiger partial charge < -0.3 is 10.3 Å². The number of alkyl halides is 3. The molecule has 2 N–H and O–H groups in total. The zero-order chi connectivity index (χ0) is 28.2. The number of imidazole rings is 1. The van der Waals surface area contributed by atoms with Crippen molar-refractivity contribution in [2.45, 2.75) is 57.7 Å². The summed E-state index contributed by atoms with van der Waals surface area (Å²) in [6.07, 6.45) is 2.23. The summed E-state index contributed by atoms with van der Waals surface area (Å²) >= 11 is 0. The molecule has 0 amide bonds. The highest BCUT2D eigenvalue weighted by atomic mass is 19.4. The summed E-state index contributed by atoms with van der Waals surface area (Å²) in [6, 6.07) is 22.3. The van der Waals surface area contributed by atoms with Crippen LogP contribution in [0.25, 0.3) is 11.0 Å². The first-order valence-corrected chi connectivity index (χ1v) is 13.8. The van der Waals surface area contributed by atoms with Gasteiger partial charge in [0.2, 0.25) is 0 Å². The number of nitrogens with one attached hydrogen (secondary N) is 2. The highest BCUT2D eigenvalue weighted by Crippen LogP contribution is 2.35. The zero-order valence-electron chi connectivity index (χ0n) is 22.5. The van der Waals surface area contributed by atoms with Crippen LogP contribution in [-0.2, 0) is 38.8 Å². The largest absolute Gasteiger partial charge is 0.416 e. The van der Waals surface area contributed by atoms with Gasteiger partial charge in [0.05, 0.1) is 40.6 Å². The van der Waals surface area contributed by atoms with Gasteiger partial charge in [-0.2, -0.15) is 13.2 Å². The van der Waals surface area contributed by atoms with Gasteiger partial charge in [0, 0.05) is 32.0 Å². The fourth-order valence-electron chi connectivity index (χ4n) is 5.55. The third-order valence-corrected chi connectivity index (χ3v) is 7.59. The predicted molar refractivity (Wildman–Crippen MR) is 151 cm³/mol. The fraction of sp³-hybridized carbons (Fsp3) is 0.281. The fourth-order valence-corrected chi connectivity index (χ4v) is 5.55. The van der Waals surface area contributed by atoms with Crippen molar-refractivity contribution in [3.05, 3.63) is 125 Å². The highest BCUT2D eigenvalue weighted by Gasteiger charge is 2.31. The van der Waals surface area contributed by atoms with Crippen LogP contribution < -0.4 is 5.32 Å². The van der Waals surface area contributed by atoms with E-state index in [4.69, 9.17) is 4.98 Å². The maximum absolute atomic E-state index is 13.3. The molecule has 9 heteroatoms. The van der Waals surface area contributed by atoms with Crippen LogP contribution in [0.3, 0.4) is 0 Å². The zero-order valence-corrected chi connectivity index (χ0v) is 22.5. The number of halogens is 3. The second kappa shape index (κ2) is 11.8. The average molecular weight is 557 g/mol. The van der Waals surface area contributed by atoms with Crippen LogP contribution in [0.15, 0.2) is 85.2 Å². The number of fused-ring (bicyclic) bond motifs is 2. The molecule has 3 heterocycles. The molecule has 5 aromatic rings. The van der Waals surface area contributed by atoms with E-state index in [-0.39, 0.29) is 6.04 Å². The Morgan fingerprint density at radius 3 is 2.51 bits per heavy atom. The molecular weight excluding hydrogens is 525 g/mol. The Morgan fingerprint density at radius 2 is 1.71 bits per heavy atom. The Labute approximate surface area is 236 Å². The first-order chi connectivity index (χ1) is 19.9. The minimum absolute atomic E-state index is 0.0820. The number of aromatic nitrogens is 4. The topological polar surface area (TPSA) is 69.7 Å². The maximum atomic E-state index is 13.3. The van der Waals surface area contributed by atoms with Crippen molar-refractivity contribution in [1.82, 2.24) is 30.2 Å². The molecule has 0 saturated carbocycles. The summed E-state index contributed by atoms with van der Waals surface area (Å²) in [5, 5.41) is 3.44. The number of hydrogen-bond donors (Lipinski definition) is 2. The Bertz CT molecular complexity index is 1600. The molecule has 0 fully saturated rings. The van der Waals surface area contributed by atoms with Crippen LogP contribution in [0.1, 0.15) is 58.3 Å². The van der Waals surface area contributed by atoms with Crippen molar-refractivity contribution in [2.24, 2.45) is 0 Å². The summed E-state index contributed by atoms with van der Waals surface area (Å²) in [5.74, 6) is 0.637. The quantitative estimate of drug-likeness (QED) is 0.210. The lowest BCUT2D eigenvalue weighted by Gasteiger charge is -2.34. The van der Waals surface area contributed by atoms with E-state index in [0.29, 0.717) is 36.5 Å². The van der Waals surface area contributed by atoms with Crippen molar-refractivity contribution in [3.8, 4) is 0 Å². The van der Waals surface area contributed by atoms with Crippen molar-refractivity contribution in [1.29, 1.82) is 0 Å². The summed E-state index contributed by atoms with van der Waals surface area (Å²) < 4.78 is 39.8.